The van der Waals surface area contributed by atoms with Crippen molar-refractivity contribution in [1.29, 1.82) is 0 Å². The predicted octanol–water partition coefficient (Wildman–Crippen LogP) is 2.72. The number of hydrogen-bond acceptors (Lipinski definition) is 4. The number of likely N-dealkylation sites (tertiary alicyclic amines) is 1. The first-order chi connectivity index (χ1) is 11.5. The standard InChI is InChI=1S/C17H20N4O3/c1-13-6-8-19(9-7-13)17(22)12-20-11-15(10-18-20)14-2-4-16(5-3-14)21(23)24/h2-5,10-11,13H,6-9,12H2,1H3. The summed E-state index contributed by atoms with van der Waals surface area (Å²) < 4.78 is 1.62. The summed E-state index contributed by atoms with van der Waals surface area (Å²) in [6, 6.07) is 6.31. The Hall–Kier alpha value is -2.70. The van der Waals surface area contributed by atoms with Gasteiger partial charge in [0.05, 0.1) is 11.1 Å². The molecule has 1 aliphatic rings. The maximum Gasteiger partial charge on any atom is 0.269 e. The molecule has 1 saturated heterocycles. The minimum Gasteiger partial charge on any atom is -0.341 e. The minimum absolute atomic E-state index is 0.0562. The molecular formula is C17H20N4O3. The van der Waals surface area contributed by atoms with Crippen LogP contribution in [0.15, 0.2) is 36.7 Å². The van der Waals surface area contributed by atoms with Gasteiger partial charge < -0.3 is 4.90 Å². The van der Waals surface area contributed by atoms with Crippen LogP contribution in [-0.2, 0) is 11.3 Å². The zero-order valence-electron chi connectivity index (χ0n) is 13.6. The van der Waals surface area contributed by atoms with Gasteiger partial charge in [-0.3, -0.25) is 19.6 Å². The molecule has 7 heteroatoms. The topological polar surface area (TPSA) is 81.3 Å². The van der Waals surface area contributed by atoms with Gasteiger partial charge in [0, 0.05) is 37.0 Å². The number of carbonyl (C=O) groups is 1. The number of benzene rings is 1. The van der Waals surface area contributed by atoms with Gasteiger partial charge in [-0.2, -0.15) is 5.10 Å². The highest BCUT2D eigenvalue weighted by atomic mass is 16.6. The average Bonchev–Trinajstić information content (AvgIpc) is 3.04. The monoisotopic (exact) mass is 328 g/mol. The summed E-state index contributed by atoms with van der Waals surface area (Å²) in [6.45, 7) is 4.07. The number of nitro groups is 1. The molecule has 24 heavy (non-hydrogen) atoms. The molecule has 0 aliphatic carbocycles. The van der Waals surface area contributed by atoms with Gasteiger partial charge in [-0.1, -0.05) is 6.92 Å². The molecule has 0 unspecified atom stereocenters. The first-order valence-electron chi connectivity index (χ1n) is 8.08. The normalized spacial score (nSPS) is 15.5. The van der Waals surface area contributed by atoms with Crippen LogP contribution in [0.2, 0.25) is 0 Å². The Kier molecular flexibility index (Phi) is 4.59. The van der Waals surface area contributed by atoms with Crippen LogP contribution in [0.3, 0.4) is 0 Å². The van der Waals surface area contributed by atoms with Gasteiger partial charge in [0.1, 0.15) is 6.54 Å². The second-order valence-corrected chi connectivity index (χ2v) is 6.29. The molecule has 1 fully saturated rings. The first-order valence-corrected chi connectivity index (χ1v) is 8.08. The lowest BCUT2D eigenvalue weighted by Gasteiger charge is -2.30. The van der Waals surface area contributed by atoms with Crippen LogP contribution in [0.25, 0.3) is 11.1 Å². The van der Waals surface area contributed by atoms with Crippen LogP contribution in [0, 0.1) is 16.0 Å². The molecule has 1 aromatic carbocycles. The smallest absolute Gasteiger partial charge is 0.269 e. The molecule has 2 heterocycles. The van der Waals surface area contributed by atoms with Crippen molar-refractivity contribution in [1.82, 2.24) is 14.7 Å². The summed E-state index contributed by atoms with van der Waals surface area (Å²) in [6.07, 6.45) is 5.58. The van der Waals surface area contributed by atoms with E-state index < -0.39 is 4.92 Å². The van der Waals surface area contributed by atoms with E-state index in [0.29, 0.717) is 5.92 Å². The van der Waals surface area contributed by atoms with Gasteiger partial charge in [-0.15, -0.1) is 0 Å². The zero-order valence-corrected chi connectivity index (χ0v) is 13.6. The molecule has 0 spiro atoms. The Bertz CT molecular complexity index is 731. The van der Waals surface area contributed by atoms with Crippen molar-refractivity contribution in [2.24, 2.45) is 5.92 Å². The van der Waals surface area contributed by atoms with E-state index in [0.717, 1.165) is 37.1 Å². The summed E-state index contributed by atoms with van der Waals surface area (Å²) in [4.78, 5) is 24.5. The van der Waals surface area contributed by atoms with Crippen molar-refractivity contribution in [3.8, 4) is 11.1 Å². The summed E-state index contributed by atoms with van der Waals surface area (Å²) in [5.41, 5.74) is 1.73. The summed E-state index contributed by atoms with van der Waals surface area (Å²) in [5.74, 6) is 0.771. The first kappa shape index (κ1) is 16.2. The number of nitrogens with zero attached hydrogens (tertiary/aromatic N) is 4. The number of rotatable bonds is 4. The highest BCUT2D eigenvalue weighted by molar-refractivity contribution is 5.76. The molecule has 0 atom stereocenters. The van der Waals surface area contributed by atoms with Crippen LogP contribution in [-0.4, -0.2) is 38.6 Å². The number of nitro benzene ring substituents is 1. The van der Waals surface area contributed by atoms with Crippen LogP contribution in [0.1, 0.15) is 19.8 Å². The Balaban J connectivity index is 1.65. The van der Waals surface area contributed by atoms with Crippen molar-refractivity contribution in [3.63, 3.8) is 0 Å². The second-order valence-electron chi connectivity index (χ2n) is 6.29. The second kappa shape index (κ2) is 6.82. The van der Waals surface area contributed by atoms with Crippen LogP contribution in [0.4, 0.5) is 5.69 Å². The molecule has 1 amide bonds. The highest BCUT2D eigenvalue weighted by Gasteiger charge is 2.20. The van der Waals surface area contributed by atoms with E-state index in [2.05, 4.69) is 12.0 Å². The molecule has 0 bridgehead atoms. The van der Waals surface area contributed by atoms with Gasteiger partial charge in [0.2, 0.25) is 5.91 Å². The molecule has 3 rings (SSSR count). The Labute approximate surface area is 140 Å². The average molecular weight is 328 g/mol. The van der Waals surface area contributed by atoms with E-state index in [1.165, 1.54) is 12.1 Å². The SMILES string of the molecule is CC1CCN(C(=O)Cn2cc(-c3ccc([N+](=O)[O-])cc3)cn2)CC1. The summed E-state index contributed by atoms with van der Waals surface area (Å²) in [5, 5.41) is 14.9. The van der Waals surface area contributed by atoms with E-state index in [1.807, 2.05) is 4.90 Å². The Morgan fingerprint density at radius 2 is 1.92 bits per heavy atom. The number of hydrogen-bond donors (Lipinski definition) is 0. The molecule has 126 valence electrons. The van der Waals surface area contributed by atoms with Gasteiger partial charge >= 0.3 is 0 Å². The van der Waals surface area contributed by atoms with Crippen LogP contribution < -0.4 is 0 Å². The fourth-order valence-electron chi connectivity index (χ4n) is 2.87. The maximum atomic E-state index is 12.3. The molecule has 0 radical (unpaired) electrons. The van der Waals surface area contributed by atoms with Gasteiger partial charge in [-0.25, -0.2) is 0 Å². The highest BCUT2D eigenvalue weighted by Crippen LogP contribution is 2.22. The van der Waals surface area contributed by atoms with Gasteiger partial charge in [0.15, 0.2) is 0 Å². The zero-order chi connectivity index (χ0) is 17.1. The third kappa shape index (κ3) is 3.61. The van der Waals surface area contributed by atoms with E-state index in [9.17, 15) is 14.9 Å². The third-order valence-electron chi connectivity index (χ3n) is 4.48. The molecule has 0 saturated carbocycles. The lowest BCUT2D eigenvalue weighted by Crippen LogP contribution is -2.39. The number of non-ortho nitro benzene ring substituents is 1. The molecular weight excluding hydrogens is 308 g/mol. The largest absolute Gasteiger partial charge is 0.341 e. The molecule has 7 nitrogen and oxygen atoms in total. The Morgan fingerprint density at radius 3 is 2.54 bits per heavy atom. The molecule has 0 N–H and O–H groups in total. The van der Waals surface area contributed by atoms with Crippen molar-refractivity contribution in [2.75, 3.05) is 13.1 Å². The fourth-order valence-corrected chi connectivity index (χ4v) is 2.87. The van der Waals surface area contributed by atoms with E-state index in [1.54, 1.807) is 29.2 Å². The molecule has 2 aromatic rings. The fraction of sp³-hybridized carbons (Fsp3) is 0.412. The lowest BCUT2D eigenvalue weighted by atomic mass is 9.99. The van der Waals surface area contributed by atoms with E-state index in [-0.39, 0.29) is 18.1 Å². The minimum atomic E-state index is -0.425. The van der Waals surface area contributed by atoms with Gasteiger partial charge in [0.25, 0.3) is 5.69 Å². The molecule has 1 aliphatic heterocycles. The number of carbonyl (C=O) groups excluding carboxylic acids is 1. The predicted molar refractivity (Wildman–Crippen MR) is 89.3 cm³/mol. The number of amides is 1. The lowest BCUT2D eigenvalue weighted by molar-refractivity contribution is -0.384. The van der Waals surface area contributed by atoms with Crippen molar-refractivity contribution < 1.29 is 9.72 Å². The van der Waals surface area contributed by atoms with Crippen molar-refractivity contribution in [3.05, 3.63) is 46.8 Å². The summed E-state index contributed by atoms with van der Waals surface area (Å²) >= 11 is 0. The van der Waals surface area contributed by atoms with Crippen molar-refractivity contribution in [2.45, 2.75) is 26.3 Å². The maximum absolute atomic E-state index is 12.3. The van der Waals surface area contributed by atoms with E-state index >= 15 is 0 Å². The molecule has 1 aromatic heterocycles. The van der Waals surface area contributed by atoms with Crippen LogP contribution in [0.5, 0.6) is 0 Å². The number of piperidine rings is 1. The third-order valence-corrected chi connectivity index (χ3v) is 4.48. The summed E-state index contributed by atoms with van der Waals surface area (Å²) in [7, 11) is 0. The van der Waals surface area contributed by atoms with E-state index in [4.69, 9.17) is 0 Å². The number of aromatic nitrogens is 2. The Morgan fingerprint density at radius 1 is 1.25 bits per heavy atom. The quantitative estimate of drug-likeness (QED) is 0.638. The van der Waals surface area contributed by atoms with Crippen LogP contribution >= 0.6 is 0 Å². The van der Waals surface area contributed by atoms with Gasteiger partial charge in [-0.05, 0) is 36.5 Å². The van der Waals surface area contributed by atoms with Crippen molar-refractivity contribution >= 4 is 11.6 Å².